The van der Waals surface area contributed by atoms with Crippen LogP contribution in [0.2, 0.25) is 0 Å². The van der Waals surface area contributed by atoms with E-state index in [4.69, 9.17) is 19.2 Å². The molecule has 0 radical (unpaired) electrons. The number of morpholine rings is 1. The highest BCUT2D eigenvalue weighted by Crippen LogP contribution is 2.35. The number of nitrogens with zero attached hydrogens (tertiary/aromatic N) is 2. The van der Waals surface area contributed by atoms with Crippen LogP contribution in [0, 0.1) is 0 Å². The molecule has 0 aromatic heterocycles. The Morgan fingerprint density at radius 1 is 1.27 bits per heavy atom. The molecule has 1 saturated heterocycles. The van der Waals surface area contributed by atoms with E-state index in [0.717, 1.165) is 68.6 Å². The SMILES string of the molecule is CCNC(=NCc1cccc(OC)c1OC1CCCC1)NCC1CN(C)CCO1.I. The zero-order valence-corrected chi connectivity index (χ0v) is 20.8. The minimum Gasteiger partial charge on any atom is -0.493 e. The number of aliphatic imine (C=N–C) groups is 1. The second-order valence-corrected chi connectivity index (χ2v) is 7.80. The lowest BCUT2D eigenvalue weighted by molar-refractivity contribution is -0.0161. The van der Waals surface area contributed by atoms with Gasteiger partial charge in [0.05, 0.1) is 32.5 Å². The van der Waals surface area contributed by atoms with Crippen molar-refractivity contribution in [3.63, 3.8) is 0 Å². The predicted octanol–water partition coefficient (Wildman–Crippen LogP) is 3.02. The van der Waals surface area contributed by atoms with E-state index in [1.807, 2.05) is 12.1 Å². The van der Waals surface area contributed by atoms with Crippen molar-refractivity contribution in [3.8, 4) is 11.5 Å². The normalized spacial score (nSPS) is 20.5. The summed E-state index contributed by atoms with van der Waals surface area (Å²) >= 11 is 0. The quantitative estimate of drug-likeness (QED) is 0.305. The van der Waals surface area contributed by atoms with Crippen LogP contribution in [0.15, 0.2) is 23.2 Å². The van der Waals surface area contributed by atoms with E-state index in [2.05, 4.69) is 35.6 Å². The molecule has 170 valence electrons. The first-order chi connectivity index (χ1) is 14.2. The van der Waals surface area contributed by atoms with E-state index in [-0.39, 0.29) is 36.2 Å². The number of ether oxygens (including phenoxy) is 3. The molecule has 1 aromatic carbocycles. The largest absolute Gasteiger partial charge is 0.493 e. The summed E-state index contributed by atoms with van der Waals surface area (Å²) in [5.74, 6) is 2.40. The van der Waals surface area contributed by atoms with Crippen molar-refractivity contribution in [1.29, 1.82) is 0 Å². The fourth-order valence-corrected chi connectivity index (χ4v) is 3.86. The standard InChI is InChI=1S/C22H36N4O3.HI/c1-4-23-22(25-15-19-16-26(2)12-13-28-19)24-14-17-8-7-11-20(27-3)21(17)29-18-9-5-6-10-18;/h7-8,11,18-19H,4-6,9-10,12-16H2,1-3H3,(H2,23,24,25);1H. The van der Waals surface area contributed by atoms with Crippen LogP contribution in [-0.2, 0) is 11.3 Å². The molecular weight excluding hydrogens is 495 g/mol. The molecule has 8 heteroatoms. The van der Waals surface area contributed by atoms with Crippen molar-refractivity contribution in [2.75, 3.05) is 46.9 Å². The van der Waals surface area contributed by atoms with Crippen LogP contribution >= 0.6 is 24.0 Å². The van der Waals surface area contributed by atoms with E-state index < -0.39 is 0 Å². The molecule has 1 aromatic rings. The number of halogens is 1. The second-order valence-electron chi connectivity index (χ2n) is 7.80. The van der Waals surface area contributed by atoms with Crippen molar-refractivity contribution in [2.45, 2.75) is 51.4 Å². The van der Waals surface area contributed by atoms with Gasteiger partial charge in [0.2, 0.25) is 0 Å². The third kappa shape index (κ3) is 7.46. The molecule has 0 amide bonds. The van der Waals surface area contributed by atoms with Crippen molar-refractivity contribution in [1.82, 2.24) is 15.5 Å². The van der Waals surface area contributed by atoms with Crippen LogP contribution in [0.4, 0.5) is 0 Å². The Morgan fingerprint density at radius 3 is 2.77 bits per heavy atom. The fraction of sp³-hybridized carbons (Fsp3) is 0.682. The molecule has 1 aliphatic carbocycles. The first kappa shape index (κ1) is 25.0. The summed E-state index contributed by atoms with van der Waals surface area (Å²) in [6.07, 6.45) is 5.15. The summed E-state index contributed by atoms with van der Waals surface area (Å²) in [4.78, 5) is 7.08. The highest BCUT2D eigenvalue weighted by atomic mass is 127. The molecule has 7 nitrogen and oxygen atoms in total. The molecule has 0 spiro atoms. The summed E-state index contributed by atoms with van der Waals surface area (Å²) in [6, 6.07) is 6.02. The number of likely N-dealkylation sites (N-methyl/N-ethyl adjacent to an activating group) is 1. The highest BCUT2D eigenvalue weighted by Gasteiger charge is 2.21. The van der Waals surface area contributed by atoms with Crippen molar-refractivity contribution >= 4 is 29.9 Å². The molecule has 0 bridgehead atoms. The average Bonchev–Trinajstić information content (AvgIpc) is 3.24. The molecule has 1 atom stereocenters. The number of hydrogen-bond donors (Lipinski definition) is 2. The smallest absolute Gasteiger partial charge is 0.191 e. The Bertz CT molecular complexity index is 668. The van der Waals surface area contributed by atoms with Gasteiger partial charge < -0.3 is 29.7 Å². The lowest BCUT2D eigenvalue weighted by Crippen LogP contribution is -2.48. The van der Waals surface area contributed by atoms with Gasteiger partial charge in [0, 0.05) is 31.7 Å². The minimum atomic E-state index is 0. The maximum Gasteiger partial charge on any atom is 0.191 e. The third-order valence-corrected chi connectivity index (χ3v) is 5.46. The summed E-state index contributed by atoms with van der Waals surface area (Å²) in [5.41, 5.74) is 1.04. The molecule has 30 heavy (non-hydrogen) atoms. The lowest BCUT2D eigenvalue weighted by atomic mass is 10.1. The molecular formula is C22H37IN4O3. The third-order valence-electron chi connectivity index (χ3n) is 5.46. The van der Waals surface area contributed by atoms with Crippen molar-refractivity contribution in [2.24, 2.45) is 4.99 Å². The van der Waals surface area contributed by atoms with Crippen molar-refractivity contribution in [3.05, 3.63) is 23.8 Å². The maximum atomic E-state index is 6.33. The fourth-order valence-electron chi connectivity index (χ4n) is 3.86. The number of hydrogen-bond acceptors (Lipinski definition) is 5. The summed E-state index contributed by atoms with van der Waals surface area (Å²) in [6.45, 7) is 6.84. The van der Waals surface area contributed by atoms with Gasteiger partial charge in [-0.15, -0.1) is 24.0 Å². The van der Waals surface area contributed by atoms with Crippen LogP contribution in [0.3, 0.4) is 0 Å². The van der Waals surface area contributed by atoms with Gasteiger partial charge in [0.25, 0.3) is 0 Å². The number of methoxy groups -OCH3 is 1. The first-order valence-electron chi connectivity index (χ1n) is 10.8. The van der Waals surface area contributed by atoms with Gasteiger partial charge in [0.1, 0.15) is 0 Å². The van der Waals surface area contributed by atoms with Crippen LogP contribution in [0.1, 0.15) is 38.2 Å². The number of rotatable bonds is 8. The highest BCUT2D eigenvalue weighted by molar-refractivity contribution is 14.0. The summed E-state index contributed by atoms with van der Waals surface area (Å²) < 4.78 is 17.7. The van der Waals surface area contributed by atoms with E-state index in [0.29, 0.717) is 6.54 Å². The molecule has 1 aliphatic heterocycles. The zero-order chi connectivity index (χ0) is 20.5. The number of para-hydroxylation sites is 1. The lowest BCUT2D eigenvalue weighted by Gasteiger charge is -2.30. The Balaban J connectivity index is 0.00000320. The molecule has 1 heterocycles. The van der Waals surface area contributed by atoms with E-state index in [9.17, 15) is 0 Å². The van der Waals surface area contributed by atoms with Crippen LogP contribution in [0.25, 0.3) is 0 Å². The van der Waals surface area contributed by atoms with Crippen molar-refractivity contribution < 1.29 is 14.2 Å². The van der Waals surface area contributed by atoms with E-state index in [1.165, 1.54) is 12.8 Å². The van der Waals surface area contributed by atoms with Gasteiger partial charge >= 0.3 is 0 Å². The molecule has 2 fully saturated rings. The predicted molar refractivity (Wildman–Crippen MR) is 131 cm³/mol. The van der Waals surface area contributed by atoms with Gasteiger partial charge in [-0.1, -0.05) is 12.1 Å². The monoisotopic (exact) mass is 532 g/mol. The number of guanidine groups is 1. The molecule has 2 N–H and O–H groups in total. The minimum absolute atomic E-state index is 0. The first-order valence-corrected chi connectivity index (χ1v) is 10.8. The maximum absolute atomic E-state index is 6.33. The van der Waals surface area contributed by atoms with Gasteiger partial charge in [-0.05, 0) is 45.7 Å². The zero-order valence-electron chi connectivity index (χ0n) is 18.5. The average molecular weight is 532 g/mol. The van der Waals surface area contributed by atoms with Crippen LogP contribution < -0.4 is 20.1 Å². The molecule has 1 saturated carbocycles. The molecule has 2 aliphatic rings. The Labute approximate surface area is 197 Å². The Morgan fingerprint density at radius 2 is 2.07 bits per heavy atom. The summed E-state index contributed by atoms with van der Waals surface area (Å²) in [5, 5.41) is 6.74. The summed E-state index contributed by atoms with van der Waals surface area (Å²) in [7, 11) is 3.82. The van der Waals surface area contributed by atoms with E-state index in [1.54, 1.807) is 7.11 Å². The van der Waals surface area contributed by atoms with Gasteiger partial charge in [-0.25, -0.2) is 4.99 Å². The molecule has 1 unspecified atom stereocenters. The van der Waals surface area contributed by atoms with E-state index >= 15 is 0 Å². The van der Waals surface area contributed by atoms with Gasteiger partial charge in [-0.2, -0.15) is 0 Å². The van der Waals surface area contributed by atoms with Gasteiger partial charge in [-0.3, -0.25) is 0 Å². The van der Waals surface area contributed by atoms with Crippen LogP contribution in [0.5, 0.6) is 11.5 Å². The van der Waals surface area contributed by atoms with Crippen LogP contribution in [-0.4, -0.2) is 70.0 Å². The Hall–Kier alpha value is -1.26. The Kier molecular flexibility index (Phi) is 11.0. The number of benzene rings is 1. The molecule has 3 rings (SSSR count). The topological polar surface area (TPSA) is 67.4 Å². The number of nitrogens with one attached hydrogen (secondary N) is 2. The second kappa shape index (κ2) is 13.2. The van der Waals surface area contributed by atoms with Gasteiger partial charge in [0.15, 0.2) is 17.5 Å².